The molecule has 1 aliphatic heterocycles. The van der Waals surface area contributed by atoms with E-state index in [9.17, 15) is 9.90 Å². The highest BCUT2D eigenvalue weighted by molar-refractivity contribution is 5.89. The SMILES string of the molecule is O=C(O)C1CCN(c2ccccc2-c2cc3ccccc3[nH]2)C1. The summed E-state index contributed by atoms with van der Waals surface area (Å²) >= 11 is 0. The minimum absolute atomic E-state index is 0.272. The largest absolute Gasteiger partial charge is 0.481 e. The van der Waals surface area contributed by atoms with Crippen molar-refractivity contribution < 1.29 is 9.90 Å². The lowest BCUT2D eigenvalue weighted by Crippen LogP contribution is -2.23. The Balaban J connectivity index is 1.74. The van der Waals surface area contributed by atoms with Crippen LogP contribution in [-0.2, 0) is 4.79 Å². The van der Waals surface area contributed by atoms with Gasteiger partial charge in [-0.3, -0.25) is 4.79 Å². The molecule has 1 unspecified atom stereocenters. The van der Waals surface area contributed by atoms with Crippen LogP contribution in [0.25, 0.3) is 22.2 Å². The number of nitrogens with one attached hydrogen (secondary N) is 1. The maximum Gasteiger partial charge on any atom is 0.308 e. The van der Waals surface area contributed by atoms with E-state index in [1.165, 1.54) is 5.39 Å². The number of carbonyl (C=O) groups is 1. The van der Waals surface area contributed by atoms with Gasteiger partial charge in [-0.2, -0.15) is 0 Å². The van der Waals surface area contributed by atoms with Gasteiger partial charge < -0.3 is 15.0 Å². The highest BCUT2D eigenvalue weighted by Crippen LogP contribution is 2.34. The summed E-state index contributed by atoms with van der Waals surface area (Å²) in [6.07, 6.45) is 0.705. The molecular weight excluding hydrogens is 288 g/mol. The molecular formula is C19H18N2O2. The Morgan fingerprint density at radius 1 is 1.13 bits per heavy atom. The summed E-state index contributed by atoms with van der Waals surface area (Å²) in [5.41, 5.74) is 4.40. The van der Waals surface area contributed by atoms with E-state index >= 15 is 0 Å². The van der Waals surface area contributed by atoms with E-state index in [2.05, 4.69) is 40.2 Å². The van der Waals surface area contributed by atoms with Gasteiger partial charge in [-0.1, -0.05) is 36.4 Å². The number of H-pyrrole nitrogens is 1. The van der Waals surface area contributed by atoms with Crippen LogP contribution in [0, 0.1) is 5.92 Å². The van der Waals surface area contributed by atoms with Crippen LogP contribution in [0.3, 0.4) is 0 Å². The van der Waals surface area contributed by atoms with Crippen LogP contribution in [-0.4, -0.2) is 29.1 Å². The predicted molar refractivity (Wildman–Crippen MR) is 91.7 cm³/mol. The molecule has 3 aromatic rings. The van der Waals surface area contributed by atoms with Gasteiger partial charge >= 0.3 is 5.97 Å². The molecule has 2 aromatic carbocycles. The fourth-order valence-corrected chi connectivity index (χ4v) is 3.38. The van der Waals surface area contributed by atoms with Crippen molar-refractivity contribution in [3.05, 3.63) is 54.6 Å². The Morgan fingerprint density at radius 3 is 2.70 bits per heavy atom. The number of para-hydroxylation sites is 2. The molecule has 1 saturated heterocycles. The molecule has 0 aliphatic carbocycles. The van der Waals surface area contributed by atoms with E-state index in [0.29, 0.717) is 13.0 Å². The quantitative estimate of drug-likeness (QED) is 0.775. The Bertz CT molecular complexity index is 835. The third kappa shape index (κ3) is 2.46. The summed E-state index contributed by atoms with van der Waals surface area (Å²) in [7, 11) is 0. The van der Waals surface area contributed by atoms with E-state index in [0.717, 1.165) is 29.0 Å². The van der Waals surface area contributed by atoms with Crippen molar-refractivity contribution in [1.82, 2.24) is 4.98 Å². The molecule has 4 heteroatoms. The first kappa shape index (κ1) is 13.9. The van der Waals surface area contributed by atoms with Crippen LogP contribution in [0.15, 0.2) is 54.6 Å². The minimum atomic E-state index is -0.699. The topological polar surface area (TPSA) is 56.3 Å². The molecule has 4 rings (SSSR count). The number of aliphatic carboxylic acids is 1. The molecule has 1 aliphatic rings. The van der Waals surface area contributed by atoms with Gasteiger partial charge in [-0.15, -0.1) is 0 Å². The second kappa shape index (κ2) is 5.47. The van der Waals surface area contributed by atoms with Crippen molar-refractivity contribution in [2.24, 2.45) is 5.92 Å². The third-order valence-electron chi connectivity index (χ3n) is 4.60. The van der Waals surface area contributed by atoms with E-state index in [-0.39, 0.29) is 5.92 Å². The Hall–Kier alpha value is -2.75. The van der Waals surface area contributed by atoms with E-state index in [1.54, 1.807) is 0 Å². The first-order valence-corrected chi connectivity index (χ1v) is 7.87. The zero-order chi connectivity index (χ0) is 15.8. The van der Waals surface area contributed by atoms with Crippen molar-refractivity contribution >= 4 is 22.6 Å². The van der Waals surface area contributed by atoms with Gasteiger partial charge in [0.2, 0.25) is 0 Å². The van der Waals surface area contributed by atoms with Gasteiger partial charge in [0.05, 0.1) is 5.92 Å². The first-order chi connectivity index (χ1) is 11.2. The van der Waals surface area contributed by atoms with Crippen LogP contribution in [0.1, 0.15) is 6.42 Å². The van der Waals surface area contributed by atoms with Gasteiger partial charge in [-0.25, -0.2) is 0 Å². The number of hydrogen-bond acceptors (Lipinski definition) is 2. The van der Waals surface area contributed by atoms with Crippen molar-refractivity contribution in [1.29, 1.82) is 0 Å². The van der Waals surface area contributed by atoms with Crippen LogP contribution in [0.5, 0.6) is 0 Å². The van der Waals surface area contributed by atoms with Gasteiger partial charge in [0.15, 0.2) is 0 Å². The van der Waals surface area contributed by atoms with Crippen LogP contribution >= 0.6 is 0 Å². The summed E-state index contributed by atoms with van der Waals surface area (Å²) in [4.78, 5) is 16.9. The number of carboxylic acids is 1. The number of aromatic nitrogens is 1. The summed E-state index contributed by atoms with van der Waals surface area (Å²) in [6, 6.07) is 18.6. The molecule has 2 heterocycles. The van der Waals surface area contributed by atoms with Crippen molar-refractivity contribution in [3.8, 4) is 11.3 Å². The molecule has 4 nitrogen and oxygen atoms in total. The smallest absolute Gasteiger partial charge is 0.308 e. The molecule has 0 radical (unpaired) electrons. The normalized spacial score (nSPS) is 17.7. The highest BCUT2D eigenvalue weighted by atomic mass is 16.4. The third-order valence-corrected chi connectivity index (χ3v) is 4.60. The molecule has 1 atom stereocenters. The second-order valence-electron chi connectivity index (χ2n) is 6.06. The molecule has 0 spiro atoms. The van der Waals surface area contributed by atoms with E-state index < -0.39 is 5.97 Å². The zero-order valence-corrected chi connectivity index (χ0v) is 12.7. The number of hydrogen-bond donors (Lipinski definition) is 2. The maximum atomic E-state index is 11.2. The number of anilines is 1. The zero-order valence-electron chi connectivity index (χ0n) is 12.7. The average molecular weight is 306 g/mol. The van der Waals surface area contributed by atoms with Gasteiger partial charge in [0.25, 0.3) is 0 Å². The fraction of sp³-hybridized carbons (Fsp3) is 0.211. The molecule has 0 amide bonds. The Labute approximate surface area is 134 Å². The molecule has 116 valence electrons. The lowest BCUT2D eigenvalue weighted by molar-refractivity contribution is -0.140. The summed E-state index contributed by atoms with van der Waals surface area (Å²) in [6.45, 7) is 1.36. The number of rotatable bonds is 3. The molecule has 0 saturated carbocycles. The highest BCUT2D eigenvalue weighted by Gasteiger charge is 2.29. The molecule has 1 aromatic heterocycles. The monoisotopic (exact) mass is 306 g/mol. The molecule has 2 N–H and O–H groups in total. The first-order valence-electron chi connectivity index (χ1n) is 7.87. The fourth-order valence-electron chi connectivity index (χ4n) is 3.38. The number of carboxylic acid groups (broad SMARTS) is 1. The second-order valence-corrected chi connectivity index (χ2v) is 6.06. The molecule has 23 heavy (non-hydrogen) atoms. The van der Waals surface area contributed by atoms with Crippen LogP contribution < -0.4 is 4.90 Å². The maximum absolute atomic E-state index is 11.2. The van der Waals surface area contributed by atoms with Gasteiger partial charge in [-0.05, 0) is 24.6 Å². The van der Waals surface area contributed by atoms with Gasteiger partial charge in [0, 0.05) is 40.9 Å². The van der Waals surface area contributed by atoms with E-state index in [4.69, 9.17) is 0 Å². The van der Waals surface area contributed by atoms with Crippen LogP contribution in [0.2, 0.25) is 0 Å². The molecule has 0 bridgehead atoms. The average Bonchev–Trinajstić information content (AvgIpc) is 3.22. The molecule has 1 fully saturated rings. The number of benzene rings is 2. The lowest BCUT2D eigenvalue weighted by Gasteiger charge is -2.21. The van der Waals surface area contributed by atoms with Crippen molar-refractivity contribution in [2.45, 2.75) is 6.42 Å². The number of nitrogens with zero attached hydrogens (tertiary/aromatic N) is 1. The van der Waals surface area contributed by atoms with Crippen molar-refractivity contribution in [3.63, 3.8) is 0 Å². The lowest BCUT2D eigenvalue weighted by atomic mass is 10.1. The Kier molecular flexibility index (Phi) is 3.30. The number of fused-ring (bicyclic) bond motifs is 1. The minimum Gasteiger partial charge on any atom is -0.481 e. The van der Waals surface area contributed by atoms with Crippen molar-refractivity contribution in [2.75, 3.05) is 18.0 Å². The van der Waals surface area contributed by atoms with Gasteiger partial charge in [0.1, 0.15) is 0 Å². The van der Waals surface area contributed by atoms with E-state index in [1.807, 2.05) is 24.3 Å². The predicted octanol–water partition coefficient (Wildman–Crippen LogP) is 3.75. The van der Waals surface area contributed by atoms with Crippen LogP contribution in [0.4, 0.5) is 5.69 Å². The summed E-state index contributed by atoms with van der Waals surface area (Å²) in [5.74, 6) is -0.971. The Morgan fingerprint density at radius 2 is 1.91 bits per heavy atom. The number of aromatic amines is 1. The summed E-state index contributed by atoms with van der Waals surface area (Å²) < 4.78 is 0. The summed E-state index contributed by atoms with van der Waals surface area (Å²) in [5, 5.41) is 10.4. The standard InChI is InChI=1S/C19H18N2O2/c22-19(23)14-9-10-21(12-14)18-8-4-2-6-15(18)17-11-13-5-1-3-7-16(13)20-17/h1-8,11,14,20H,9-10,12H2,(H,22,23).